The zero-order valence-electron chi connectivity index (χ0n) is 10.4. The molecule has 1 aliphatic carbocycles. The number of nitrogens with one attached hydrogen (secondary N) is 1. The lowest BCUT2D eigenvalue weighted by Gasteiger charge is -2.24. The van der Waals surface area contributed by atoms with E-state index >= 15 is 0 Å². The highest BCUT2D eigenvalue weighted by molar-refractivity contribution is 5.66. The third-order valence-corrected chi connectivity index (χ3v) is 3.25. The molecular weight excluding hydrogens is 204 g/mol. The predicted octanol–water partition coefficient (Wildman–Crippen LogP) is 1.31. The van der Waals surface area contributed by atoms with Gasteiger partial charge in [0.05, 0.1) is 0 Å². The third-order valence-electron chi connectivity index (χ3n) is 3.25. The number of carboxylic acid groups (broad SMARTS) is 1. The Morgan fingerprint density at radius 3 is 2.75 bits per heavy atom. The summed E-state index contributed by atoms with van der Waals surface area (Å²) in [6.07, 6.45) is 4.71. The van der Waals surface area contributed by atoms with E-state index in [2.05, 4.69) is 24.2 Å². The first-order valence-electron chi connectivity index (χ1n) is 6.25. The van der Waals surface area contributed by atoms with E-state index in [1.807, 2.05) is 0 Å². The molecule has 0 amide bonds. The molecule has 0 heterocycles. The number of hydrogen-bond acceptors (Lipinski definition) is 3. The van der Waals surface area contributed by atoms with E-state index in [4.69, 9.17) is 5.11 Å². The van der Waals surface area contributed by atoms with Crippen molar-refractivity contribution in [3.63, 3.8) is 0 Å². The van der Waals surface area contributed by atoms with Gasteiger partial charge in [0.15, 0.2) is 0 Å². The molecule has 94 valence electrons. The Kier molecular flexibility index (Phi) is 5.77. The first-order valence-corrected chi connectivity index (χ1v) is 6.25. The summed E-state index contributed by atoms with van der Waals surface area (Å²) < 4.78 is 0. The van der Waals surface area contributed by atoms with Gasteiger partial charge in [-0.2, -0.15) is 0 Å². The van der Waals surface area contributed by atoms with Gasteiger partial charge in [0.1, 0.15) is 0 Å². The summed E-state index contributed by atoms with van der Waals surface area (Å²) in [5.74, 6) is -0.693. The summed E-state index contributed by atoms with van der Waals surface area (Å²) in [5, 5.41) is 11.9. The molecule has 0 aliphatic heterocycles. The van der Waals surface area contributed by atoms with Crippen molar-refractivity contribution in [2.45, 2.75) is 51.1 Å². The number of aliphatic carboxylic acids is 1. The second-order valence-electron chi connectivity index (χ2n) is 4.80. The van der Waals surface area contributed by atoms with E-state index in [1.54, 1.807) is 0 Å². The van der Waals surface area contributed by atoms with Crippen LogP contribution < -0.4 is 5.32 Å². The highest BCUT2D eigenvalue weighted by Gasteiger charge is 2.28. The molecule has 0 aromatic carbocycles. The number of carbonyl (C=O) groups is 1. The van der Waals surface area contributed by atoms with E-state index in [1.165, 1.54) is 12.8 Å². The summed E-state index contributed by atoms with van der Waals surface area (Å²) in [5.41, 5.74) is 0. The Balaban J connectivity index is 1.91. The average Bonchev–Trinajstić information content (AvgIpc) is 3.05. The zero-order valence-corrected chi connectivity index (χ0v) is 10.4. The van der Waals surface area contributed by atoms with E-state index in [9.17, 15) is 4.79 Å². The normalized spacial score (nSPS) is 17.7. The van der Waals surface area contributed by atoms with Gasteiger partial charge in [0.2, 0.25) is 0 Å². The number of carboxylic acids is 1. The molecule has 1 atom stereocenters. The van der Waals surface area contributed by atoms with Gasteiger partial charge in [0.25, 0.3) is 0 Å². The number of rotatable bonds is 9. The predicted molar refractivity (Wildman–Crippen MR) is 64.6 cm³/mol. The fourth-order valence-electron chi connectivity index (χ4n) is 1.82. The van der Waals surface area contributed by atoms with E-state index < -0.39 is 5.97 Å². The molecule has 0 bridgehead atoms. The fourth-order valence-corrected chi connectivity index (χ4v) is 1.82. The topological polar surface area (TPSA) is 52.6 Å². The van der Waals surface area contributed by atoms with Gasteiger partial charge in [-0.25, -0.2) is 0 Å². The number of unbranched alkanes of at least 4 members (excludes halogenated alkanes) is 1. The minimum absolute atomic E-state index is 0.291. The minimum atomic E-state index is -0.693. The first-order chi connectivity index (χ1) is 7.61. The number of nitrogens with zero attached hydrogens (tertiary/aromatic N) is 1. The summed E-state index contributed by atoms with van der Waals surface area (Å²) in [6, 6.07) is 1.38. The fraction of sp³-hybridized carbons (Fsp3) is 0.917. The lowest BCUT2D eigenvalue weighted by Crippen LogP contribution is -2.39. The Bertz CT molecular complexity index is 217. The number of likely N-dealkylation sites (N-methyl/N-ethyl adjacent to an activating group) is 1. The number of hydrogen-bond donors (Lipinski definition) is 2. The molecule has 0 aromatic heterocycles. The maximum absolute atomic E-state index is 10.3. The molecule has 1 saturated carbocycles. The van der Waals surface area contributed by atoms with Gasteiger partial charge in [0, 0.05) is 25.0 Å². The molecule has 1 fully saturated rings. The lowest BCUT2D eigenvalue weighted by molar-refractivity contribution is -0.137. The maximum atomic E-state index is 10.3. The van der Waals surface area contributed by atoms with Crippen molar-refractivity contribution >= 4 is 5.97 Å². The van der Waals surface area contributed by atoms with Crippen LogP contribution in [0.1, 0.15) is 39.0 Å². The molecule has 0 spiro atoms. The van der Waals surface area contributed by atoms with Crippen molar-refractivity contribution in [3.05, 3.63) is 0 Å². The molecule has 0 aromatic rings. The first kappa shape index (κ1) is 13.5. The van der Waals surface area contributed by atoms with Gasteiger partial charge in [-0.3, -0.25) is 9.69 Å². The van der Waals surface area contributed by atoms with Crippen LogP contribution in [0.25, 0.3) is 0 Å². The van der Waals surface area contributed by atoms with Crippen molar-refractivity contribution in [2.24, 2.45) is 0 Å². The van der Waals surface area contributed by atoms with Crippen LogP contribution in [0.2, 0.25) is 0 Å². The SMILES string of the molecule is CC(CNCCCCC(=O)O)N(C)C1CC1. The van der Waals surface area contributed by atoms with E-state index in [0.717, 1.165) is 32.0 Å². The van der Waals surface area contributed by atoms with Crippen molar-refractivity contribution in [1.82, 2.24) is 10.2 Å². The highest BCUT2D eigenvalue weighted by Crippen LogP contribution is 2.26. The van der Waals surface area contributed by atoms with Crippen molar-refractivity contribution in [3.8, 4) is 0 Å². The summed E-state index contributed by atoms with van der Waals surface area (Å²) in [6.45, 7) is 4.17. The monoisotopic (exact) mass is 228 g/mol. The molecular formula is C12H24N2O2. The Morgan fingerprint density at radius 2 is 2.19 bits per heavy atom. The van der Waals surface area contributed by atoms with Gasteiger partial charge in [-0.1, -0.05) is 0 Å². The Hall–Kier alpha value is -0.610. The van der Waals surface area contributed by atoms with Crippen LogP contribution >= 0.6 is 0 Å². The molecule has 2 N–H and O–H groups in total. The van der Waals surface area contributed by atoms with Gasteiger partial charge >= 0.3 is 5.97 Å². The van der Waals surface area contributed by atoms with Gasteiger partial charge in [-0.05, 0) is 46.2 Å². The van der Waals surface area contributed by atoms with Crippen LogP contribution in [0.4, 0.5) is 0 Å². The second-order valence-corrected chi connectivity index (χ2v) is 4.80. The van der Waals surface area contributed by atoms with Crippen LogP contribution in [0, 0.1) is 0 Å². The van der Waals surface area contributed by atoms with Crippen LogP contribution in [0.3, 0.4) is 0 Å². The molecule has 1 aliphatic rings. The quantitative estimate of drug-likeness (QED) is 0.584. The van der Waals surface area contributed by atoms with Crippen LogP contribution in [0.15, 0.2) is 0 Å². The molecule has 0 radical (unpaired) electrons. The van der Waals surface area contributed by atoms with E-state index in [0.29, 0.717) is 12.5 Å². The van der Waals surface area contributed by atoms with Gasteiger partial charge in [-0.15, -0.1) is 0 Å². The third kappa shape index (κ3) is 5.47. The smallest absolute Gasteiger partial charge is 0.303 e. The van der Waals surface area contributed by atoms with E-state index in [-0.39, 0.29) is 0 Å². The van der Waals surface area contributed by atoms with Crippen LogP contribution in [-0.2, 0) is 4.79 Å². The highest BCUT2D eigenvalue weighted by atomic mass is 16.4. The average molecular weight is 228 g/mol. The van der Waals surface area contributed by atoms with Crippen LogP contribution in [-0.4, -0.2) is 48.2 Å². The zero-order chi connectivity index (χ0) is 12.0. The molecule has 1 rings (SSSR count). The minimum Gasteiger partial charge on any atom is -0.481 e. The van der Waals surface area contributed by atoms with Crippen molar-refractivity contribution < 1.29 is 9.90 Å². The molecule has 1 unspecified atom stereocenters. The van der Waals surface area contributed by atoms with Crippen LogP contribution in [0.5, 0.6) is 0 Å². The molecule has 4 nitrogen and oxygen atoms in total. The summed E-state index contributed by atoms with van der Waals surface area (Å²) >= 11 is 0. The standard InChI is InChI=1S/C12H24N2O2/c1-10(14(2)11-6-7-11)9-13-8-4-3-5-12(15)16/h10-11,13H,3-9H2,1-2H3,(H,15,16). The molecule has 16 heavy (non-hydrogen) atoms. The van der Waals surface area contributed by atoms with Gasteiger partial charge < -0.3 is 10.4 Å². The summed E-state index contributed by atoms with van der Waals surface area (Å²) in [7, 11) is 2.19. The Labute approximate surface area is 98.0 Å². The maximum Gasteiger partial charge on any atom is 0.303 e. The summed E-state index contributed by atoms with van der Waals surface area (Å²) in [4.78, 5) is 12.7. The van der Waals surface area contributed by atoms with Crippen molar-refractivity contribution in [2.75, 3.05) is 20.1 Å². The second kappa shape index (κ2) is 6.86. The lowest BCUT2D eigenvalue weighted by atomic mass is 10.2. The molecule has 0 saturated heterocycles. The van der Waals surface area contributed by atoms with Crippen molar-refractivity contribution in [1.29, 1.82) is 0 Å². The largest absolute Gasteiger partial charge is 0.481 e. The Morgan fingerprint density at radius 1 is 1.50 bits per heavy atom. The molecule has 4 heteroatoms.